The Morgan fingerprint density at radius 2 is 1.79 bits per heavy atom. The van der Waals surface area contributed by atoms with Gasteiger partial charge in [0, 0.05) is 24.2 Å². The molecule has 3 nitrogen and oxygen atoms in total. The number of nitrogens with zero attached hydrogens (tertiary/aromatic N) is 1. The number of nitrogens with two attached hydrogens (primary N) is 1. The fourth-order valence-corrected chi connectivity index (χ4v) is 4.27. The first-order valence-corrected chi connectivity index (χ1v) is 8.39. The summed E-state index contributed by atoms with van der Waals surface area (Å²) in [5, 5.41) is 2.53. The Bertz CT molecular complexity index is 271. The third kappa shape index (κ3) is 3.14. The second-order valence-corrected chi connectivity index (χ2v) is 6.86. The van der Waals surface area contributed by atoms with Crippen LogP contribution in [0.25, 0.3) is 0 Å². The van der Waals surface area contributed by atoms with Gasteiger partial charge in [-0.25, -0.2) is 10.4 Å². The normalized spacial score (nSPS) is 41.4. The molecule has 1 saturated carbocycles. The summed E-state index contributed by atoms with van der Waals surface area (Å²) in [6, 6.07) is 1.29. The molecule has 1 saturated heterocycles. The van der Waals surface area contributed by atoms with Crippen LogP contribution in [0.2, 0.25) is 0 Å². The van der Waals surface area contributed by atoms with Crippen molar-refractivity contribution in [2.24, 2.45) is 11.7 Å². The second kappa shape index (κ2) is 6.55. The molecule has 0 aromatic carbocycles. The molecule has 3 N–H and O–H groups in total. The number of hydrazine groups is 1. The fourth-order valence-electron chi connectivity index (χ4n) is 4.27. The average Bonchev–Trinajstić information content (AvgIpc) is 2.43. The zero-order chi connectivity index (χ0) is 13.9. The molecule has 0 bridgehead atoms. The number of piperidine rings is 1. The standard InChI is InChI=1S/C16H33N3/c1-4-15-10-5-6-11-16(15,12-17)18-19-13(2)8-7-9-14(19)3/h13-15,18H,4-12,17H2,1-3H3. The van der Waals surface area contributed by atoms with E-state index in [9.17, 15) is 0 Å². The van der Waals surface area contributed by atoms with Gasteiger partial charge in [0.2, 0.25) is 0 Å². The third-order valence-electron chi connectivity index (χ3n) is 5.61. The molecular weight excluding hydrogens is 234 g/mol. The Morgan fingerprint density at radius 3 is 2.37 bits per heavy atom. The number of nitrogens with one attached hydrogen (secondary N) is 1. The van der Waals surface area contributed by atoms with Crippen LogP contribution in [0.4, 0.5) is 0 Å². The number of hydrogen-bond acceptors (Lipinski definition) is 3. The Balaban J connectivity index is 2.11. The highest BCUT2D eigenvalue weighted by molar-refractivity contribution is 4.98. The zero-order valence-electron chi connectivity index (χ0n) is 13.1. The van der Waals surface area contributed by atoms with Crippen LogP contribution in [0.3, 0.4) is 0 Å². The molecule has 2 rings (SSSR count). The van der Waals surface area contributed by atoms with E-state index in [2.05, 4.69) is 31.2 Å². The lowest BCUT2D eigenvalue weighted by Gasteiger charge is -2.51. The van der Waals surface area contributed by atoms with Gasteiger partial charge in [0.05, 0.1) is 0 Å². The molecule has 2 aliphatic rings. The Kier molecular flexibility index (Phi) is 5.27. The van der Waals surface area contributed by atoms with Gasteiger partial charge in [-0.15, -0.1) is 0 Å². The molecule has 1 aliphatic heterocycles. The summed E-state index contributed by atoms with van der Waals surface area (Å²) in [6.45, 7) is 7.82. The summed E-state index contributed by atoms with van der Waals surface area (Å²) in [6.07, 6.45) is 10.6. The number of rotatable bonds is 4. The van der Waals surface area contributed by atoms with Crippen molar-refractivity contribution >= 4 is 0 Å². The van der Waals surface area contributed by atoms with Crippen LogP contribution in [-0.2, 0) is 0 Å². The summed E-state index contributed by atoms with van der Waals surface area (Å²) < 4.78 is 0. The first-order chi connectivity index (χ1) is 9.13. The van der Waals surface area contributed by atoms with Gasteiger partial charge in [-0.05, 0) is 45.4 Å². The maximum atomic E-state index is 6.22. The smallest absolute Gasteiger partial charge is 0.0476 e. The summed E-state index contributed by atoms with van der Waals surface area (Å²) >= 11 is 0. The molecule has 4 unspecified atom stereocenters. The van der Waals surface area contributed by atoms with Crippen LogP contribution in [0.5, 0.6) is 0 Å². The summed E-state index contributed by atoms with van der Waals surface area (Å²) in [7, 11) is 0. The molecular formula is C16H33N3. The highest BCUT2D eigenvalue weighted by atomic mass is 15.6. The Labute approximate surface area is 119 Å². The van der Waals surface area contributed by atoms with Crippen LogP contribution < -0.4 is 11.2 Å². The summed E-state index contributed by atoms with van der Waals surface area (Å²) in [5.74, 6) is 0.743. The minimum atomic E-state index is 0.160. The van der Waals surface area contributed by atoms with Gasteiger partial charge in [-0.3, -0.25) is 0 Å². The maximum Gasteiger partial charge on any atom is 0.0476 e. The molecule has 0 spiro atoms. The van der Waals surface area contributed by atoms with Crippen LogP contribution in [0, 0.1) is 5.92 Å². The molecule has 112 valence electrons. The van der Waals surface area contributed by atoms with Crippen LogP contribution in [0.1, 0.15) is 72.1 Å². The third-order valence-corrected chi connectivity index (χ3v) is 5.61. The van der Waals surface area contributed by atoms with Crippen molar-refractivity contribution in [2.45, 2.75) is 89.8 Å². The average molecular weight is 267 g/mol. The fraction of sp³-hybridized carbons (Fsp3) is 1.00. The molecule has 4 atom stereocenters. The maximum absolute atomic E-state index is 6.22. The molecule has 19 heavy (non-hydrogen) atoms. The predicted molar refractivity (Wildman–Crippen MR) is 81.8 cm³/mol. The Hall–Kier alpha value is -0.120. The van der Waals surface area contributed by atoms with Crippen molar-refractivity contribution in [1.82, 2.24) is 10.4 Å². The lowest BCUT2D eigenvalue weighted by Crippen LogP contribution is -2.67. The summed E-state index contributed by atoms with van der Waals surface area (Å²) in [5.41, 5.74) is 10.3. The van der Waals surface area contributed by atoms with E-state index in [1.165, 1.54) is 51.4 Å². The highest BCUT2D eigenvalue weighted by Gasteiger charge is 2.41. The van der Waals surface area contributed by atoms with Gasteiger partial charge in [0.25, 0.3) is 0 Å². The lowest BCUT2D eigenvalue weighted by molar-refractivity contribution is -0.0308. The van der Waals surface area contributed by atoms with E-state index in [1.807, 2.05) is 0 Å². The molecule has 0 aromatic rings. The molecule has 0 amide bonds. The molecule has 0 aromatic heterocycles. The first kappa shape index (κ1) is 15.3. The van der Waals surface area contributed by atoms with Gasteiger partial charge in [0.15, 0.2) is 0 Å². The van der Waals surface area contributed by atoms with Crippen LogP contribution >= 0.6 is 0 Å². The van der Waals surface area contributed by atoms with Crippen molar-refractivity contribution in [3.05, 3.63) is 0 Å². The van der Waals surface area contributed by atoms with E-state index in [1.54, 1.807) is 0 Å². The second-order valence-electron chi connectivity index (χ2n) is 6.86. The molecule has 1 heterocycles. The molecule has 3 heteroatoms. The molecule has 1 aliphatic carbocycles. The van der Waals surface area contributed by atoms with Gasteiger partial charge < -0.3 is 5.73 Å². The Morgan fingerprint density at radius 1 is 1.11 bits per heavy atom. The van der Waals surface area contributed by atoms with Crippen molar-refractivity contribution < 1.29 is 0 Å². The van der Waals surface area contributed by atoms with E-state index in [4.69, 9.17) is 5.73 Å². The highest BCUT2D eigenvalue weighted by Crippen LogP contribution is 2.36. The summed E-state index contributed by atoms with van der Waals surface area (Å²) in [4.78, 5) is 0. The number of hydrogen-bond donors (Lipinski definition) is 2. The van der Waals surface area contributed by atoms with E-state index in [0.717, 1.165) is 12.5 Å². The van der Waals surface area contributed by atoms with E-state index >= 15 is 0 Å². The monoisotopic (exact) mass is 267 g/mol. The van der Waals surface area contributed by atoms with Crippen molar-refractivity contribution in [1.29, 1.82) is 0 Å². The first-order valence-electron chi connectivity index (χ1n) is 8.39. The van der Waals surface area contributed by atoms with E-state index in [0.29, 0.717) is 12.1 Å². The van der Waals surface area contributed by atoms with Gasteiger partial charge in [-0.1, -0.05) is 32.6 Å². The topological polar surface area (TPSA) is 41.3 Å². The van der Waals surface area contributed by atoms with E-state index < -0.39 is 0 Å². The predicted octanol–water partition coefficient (Wildman–Crippen LogP) is 3.05. The van der Waals surface area contributed by atoms with Gasteiger partial charge >= 0.3 is 0 Å². The minimum absolute atomic E-state index is 0.160. The van der Waals surface area contributed by atoms with Gasteiger partial charge in [0.1, 0.15) is 0 Å². The largest absolute Gasteiger partial charge is 0.329 e. The van der Waals surface area contributed by atoms with Crippen LogP contribution in [-0.4, -0.2) is 29.2 Å². The molecule has 2 fully saturated rings. The minimum Gasteiger partial charge on any atom is -0.329 e. The lowest BCUT2D eigenvalue weighted by atomic mass is 9.71. The van der Waals surface area contributed by atoms with E-state index in [-0.39, 0.29) is 5.54 Å². The van der Waals surface area contributed by atoms with Crippen molar-refractivity contribution in [2.75, 3.05) is 6.54 Å². The zero-order valence-corrected chi connectivity index (χ0v) is 13.1. The van der Waals surface area contributed by atoms with Gasteiger partial charge in [-0.2, -0.15) is 0 Å². The SMILES string of the molecule is CCC1CCCCC1(CN)NN1C(C)CCCC1C. The quantitative estimate of drug-likeness (QED) is 0.822. The van der Waals surface area contributed by atoms with Crippen molar-refractivity contribution in [3.8, 4) is 0 Å². The van der Waals surface area contributed by atoms with Crippen molar-refractivity contribution in [3.63, 3.8) is 0 Å². The molecule has 0 radical (unpaired) electrons. The van der Waals surface area contributed by atoms with Crippen LogP contribution in [0.15, 0.2) is 0 Å².